The first kappa shape index (κ1) is 19.1. The van der Waals surface area contributed by atoms with Gasteiger partial charge in [-0.25, -0.2) is 4.98 Å². The van der Waals surface area contributed by atoms with Crippen LogP contribution in [0.2, 0.25) is 0 Å². The van der Waals surface area contributed by atoms with Crippen molar-refractivity contribution < 1.29 is 9.90 Å². The Balaban J connectivity index is 2.21. The molecule has 0 saturated carbocycles. The van der Waals surface area contributed by atoms with E-state index in [0.29, 0.717) is 18.7 Å². The zero-order valence-corrected chi connectivity index (χ0v) is 16.3. The van der Waals surface area contributed by atoms with E-state index in [0.717, 1.165) is 16.4 Å². The Hall–Kier alpha value is -1.28. The number of carbonyl (C=O) groups excluding carboxylic acids is 1. The van der Waals surface area contributed by atoms with Gasteiger partial charge in [0.1, 0.15) is 10.7 Å². The molecule has 0 saturated heterocycles. The van der Waals surface area contributed by atoms with Crippen molar-refractivity contribution in [2.24, 2.45) is 0 Å². The van der Waals surface area contributed by atoms with Crippen molar-refractivity contribution in [3.8, 4) is 0 Å². The Morgan fingerprint density at radius 1 is 1.33 bits per heavy atom. The summed E-state index contributed by atoms with van der Waals surface area (Å²) in [5.74, 6) is -0.108. The van der Waals surface area contributed by atoms with Crippen LogP contribution in [0.25, 0.3) is 0 Å². The Morgan fingerprint density at radius 2 is 2.08 bits per heavy atom. The van der Waals surface area contributed by atoms with Crippen LogP contribution in [0.3, 0.4) is 0 Å². The number of aryl methyl sites for hydroxylation is 1. The normalized spacial score (nSPS) is 12.6. The maximum Gasteiger partial charge on any atom is 0.273 e. The van der Waals surface area contributed by atoms with E-state index in [1.165, 1.54) is 16.2 Å². The molecule has 2 heterocycles. The zero-order chi connectivity index (χ0) is 17.7. The zero-order valence-electron chi connectivity index (χ0n) is 14.7. The van der Waals surface area contributed by atoms with Crippen molar-refractivity contribution in [3.63, 3.8) is 0 Å². The van der Waals surface area contributed by atoms with E-state index >= 15 is 0 Å². The summed E-state index contributed by atoms with van der Waals surface area (Å²) in [5.41, 5.74) is 0.469. The Bertz CT molecular complexity index is 662. The van der Waals surface area contributed by atoms with Crippen LogP contribution in [-0.2, 0) is 13.1 Å². The van der Waals surface area contributed by atoms with Crippen LogP contribution in [0.15, 0.2) is 17.5 Å². The molecule has 0 aliphatic heterocycles. The molecule has 5 nitrogen and oxygen atoms in total. The Kier molecular flexibility index (Phi) is 6.91. The summed E-state index contributed by atoms with van der Waals surface area (Å²) in [5, 5.41) is 12.4. The number of aromatic nitrogens is 1. The van der Waals surface area contributed by atoms with Crippen LogP contribution in [0, 0.1) is 6.92 Å². The van der Waals surface area contributed by atoms with Crippen molar-refractivity contribution in [2.75, 3.05) is 20.7 Å². The summed E-state index contributed by atoms with van der Waals surface area (Å²) >= 11 is 3.18. The third-order valence-electron chi connectivity index (χ3n) is 3.73. The van der Waals surface area contributed by atoms with Crippen molar-refractivity contribution in [1.29, 1.82) is 0 Å². The maximum absolute atomic E-state index is 13.0. The van der Waals surface area contributed by atoms with Crippen molar-refractivity contribution in [2.45, 2.75) is 39.4 Å². The number of aliphatic hydroxyl groups excluding tert-OH is 1. The summed E-state index contributed by atoms with van der Waals surface area (Å²) < 4.78 is 0. The minimum atomic E-state index is -0.195. The Labute approximate surface area is 151 Å². The third kappa shape index (κ3) is 4.86. The molecular weight excluding hydrogens is 342 g/mol. The lowest BCUT2D eigenvalue weighted by atomic mass is 10.2. The smallest absolute Gasteiger partial charge is 0.273 e. The van der Waals surface area contributed by atoms with E-state index in [2.05, 4.69) is 18.0 Å². The van der Waals surface area contributed by atoms with Crippen LogP contribution in [0.5, 0.6) is 0 Å². The molecular formula is C17H25N3O2S2. The molecule has 7 heteroatoms. The minimum absolute atomic E-state index is 0.0404. The molecule has 1 amide bonds. The topological polar surface area (TPSA) is 56.7 Å². The fourth-order valence-electron chi connectivity index (χ4n) is 2.45. The lowest BCUT2D eigenvalue weighted by molar-refractivity contribution is 0.0561. The maximum atomic E-state index is 13.0. The molecule has 2 rings (SSSR count). The molecule has 1 N–H and O–H groups in total. The molecule has 24 heavy (non-hydrogen) atoms. The average Bonchev–Trinajstić information content (AvgIpc) is 3.15. The van der Waals surface area contributed by atoms with Gasteiger partial charge in [0.05, 0.1) is 19.2 Å². The highest BCUT2D eigenvalue weighted by molar-refractivity contribution is 7.11. The van der Waals surface area contributed by atoms with Crippen LogP contribution in [-0.4, -0.2) is 52.5 Å². The first-order valence-electron chi connectivity index (χ1n) is 8.00. The first-order chi connectivity index (χ1) is 11.4. The highest BCUT2D eigenvalue weighted by Crippen LogP contribution is 2.22. The van der Waals surface area contributed by atoms with Gasteiger partial charge in [0, 0.05) is 21.7 Å². The van der Waals surface area contributed by atoms with Crippen LogP contribution >= 0.6 is 22.7 Å². The fraction of sp³-hybridized carbons (Fsp3) is 0.529. The van der Waals surface area contributed by atoms with Crippen LogP contribution in [0.1, 0.15) is 38.6 Å². The van der Waals surface area contributed by atoms with E-state index in [9.17, 15) is 9.90 Å². The lowest BCUT2D eigenvalue weighted by Crippen LogP contribution is -2.41. The second kappa shape index (κ2) is 8.71. The predicted molar refractivity (Wildman–Crippen MR) is 99.6 cm³/mol. The summed E-state index contributed by atoms with van der Waals surface area (Å²) in [6, 6.07) is 3.91. The monoisotopic (exact) mass is 367 g/mol. The number of amides is 1. The largest absolute Gasteiger partial charge is 0.394 e. The van der Waals surface area contributed by atoms with Gasteiger partial charge in [-0.1, -0.05) is 6.92 Å². The summed E-state index contributed by atoms with van der Waals surface area (Å²) in [6.45, 7) is 5.23. The summed E-state index contributed by atoms with van der Waals surface area (Å²) in [4.78, 5) is 23.6. The van der Waals surface area contributed by atoms with Crippen molar-refractivity contribution in [1.82, 2.24) is 14.8 Å². The van der Waals surface area contributed by atoms with Crippen LogP contribution in [0.4, 0.5) is 0 Å². The Morgan fingerprint density at radius 3 is 2.62 bits per heavy atom. The number of thiazole rings is 1. The van der Waals surface area contributed by atoms with Crippen molar-refractivity contribution in [3.05, 3.63) is 38.0 Å². The van der Waals surface area contributed by atoms with E-state index in [1.54, 1.807) is 16.2 Å². The number of hydrogen-bond donors (Lipinski definition) is 1. The van der Waals surface area contributed by atoms with Crippen molar-refractivity contribution >= 4 is 28.6 Å². The molecule has 0 aromatic carbocycles. The van der Waals surface area contributed by atoms with Gasteiger partial charge in [0.25, 0.3) is 5.91 Å². The quantitative estimate of drug-likeness (QED) is 0.779. The van der Waals surface area contributed by atoms with Crippen LogP contribution < -0.4 is 0 Å². The van der Waals surface area contributed by atoms with Gasteiger partial charge in [-0.2, -0.15) is 0 Å². The molecule has 0 aliphatic rings. The highest BCUT2D eigenvalue weighted by atomic mass is 32.1. The molecule has 0 spiro atoms. The molecule has 132 valence electrons. The number of nitrogens with zero attached hydrogens (tertiary/aromatic N) is 3. The van der Waals surface area contributed by atoms with Gasteiger partial charge < -0.3 is 14.9 Å². The number of thiophene rings is 1. The summed E-state index contributed by atoms with van der Waals surface area (Å²) in [7, 11) is 3.96. The fourth-order valence-corrected chi connectivity index (χ4v) is 4.23. The number of carbonyl (C=O) groups is 1. The number of rotatable bonds is 8. The van der Waals surface area contributed by atoms with E-state index < -0.39 is 0 Å². The highest BCUT2D eigenvalue weighted by Gasteiger charge is 2.25. The van der Waals surface area contributed by atoms with E-state index in [1.807, 2.05) is 37.4 Å². The van der Waals surface area contributed by atoms with Gasteiger partial charge in [-0.15, -0.1) is 22.7 Å². The molecule has 0 radical (unpaired) electrons. The third-order valence-corrected chi connectivity index (χ3v) is 5.55. The average molecular weight is 368 g/mol. The van der Waals surface area contributed by atoms with E-state index in [-0.39, 0.29) is 18.6 Å². The number of hydrogen-bond acceptors (Lipinski definition) is 6. The molecule has 2 aromatic heterocycles. The minimum Gasteiger partial charge on any atom is -0.394 e. The standard InChI is InChI=1S/C17H25N3O2S2/c1-5-13(10-21)20(8-14-7-6-12(2)24-14)17(22)15-11-23-16(18-15)9-19(3)4/h6-7,11,13,21H,5,8-10H2,1-4H3. The molecule has 0 bridgehead atoms. The SMILES string of the molecule is CCC(CO)N(Cc1ccc(C)s1)C(=O)c1csc(CN(C)C)n1. The number of aliphatic hydroxyl groups is 1. The molecule has 1 atom stereocenters. The molecule has 2 aromatic rings. The lowest BCUT2D eigenvalue weighted by Gasteiger charge is -2.29. The van der Waals surface area contributed by atoms with E-state index in [4.69, 9.17) is 0 Å². The second-order valence-electron chi connectivity index (χ2n) is 6.05. The van der Waals surface area contributed by atoms with Gasteiger partial charge in [-0.3, -0.25) is 4.79 Å². The van der Waals surface area contributed by atoms with Gasteiger partial charge in [-0.05, 0) is 39.6 Å². The van der Waals surface area contributed by atoms with Gasteiger partial charge >= 0.3 is 0 Å². The summed E-state index contributed by atoms with van der Waals surface area (Å²) in [6.07, 6.45) is 0.710. The molecule has 1 unspecified atom stereocenters. The molecule has 0 aliphatic carbocycles. The first-order valence-corrected chi connectivity index (χ1v) is 9.70. The second-order valence-corrected chi connectivity index (χ2v) is 8.37. The van der Waals surface area contributed by atoms with Gasteiger partial charge in [0.2, 0.25) is 0 Å². The predicted octanol–water partition coefficient (Wildman–Crippen LogP) is 2.99. The van der Waals surface area contributed by atoms with Gasteiger partial charge in [0.15, 0.2) is 0 Å². The molecule has 0 fully saturated rings.